The van der Waals surface area contributed by atoms with Crippen LogP contribution in [0.5, 0.6) is 11.5 Å². The monoisotopic (exact) mass is 314 g/mol. The Hall–Kier alpha value is -2.76. The number of aromatic amines is 1. The Morgan fingerprint density at radius 1 is 1.43 bits per heavy atom. The summed E-state index contributed by atoms with van der Waals surface area (Å²) in [6, 6.07) is 9.13. The number of aryl methyl sites for hydroxylation is 1. The van der Waals surface area contributed by atoms with Gasteiger partial charge in [0.1, 0.15) is 17.5 Å². The first-order valence-corrected chi connectivity index (χ1v) is 7.47. The lowest BCUT2D eigenvalue weighted by Crippen LogP contribution is -2.37. The molecule has 120 valence electrons. The minimum atomic E-state index is -0.341. The molecule has 0 unspecified atom stereocenters. The van der Waals surface area contributed by atoms with E-state index < -0.39 is 0 Å². The molecule has 2 heterocycles. The van der Waals surface area contributed by atoms with Crippen LogP contribution >= 0.6 is 0 Å². The second-order valence-electron chi connectivity index (χ2n) is 5.38. The number of rotatable bonds is 4. The van der Waals surface area contributed by atoms with Gasteiger partial charge in [-0.2, -0.15) is 0 Å². The van der Waals surface area contributed by atoms with Crippen molar-refractivity contribution in [1.29, 1.82) is 0 Å². The maximum absolute atomic E-state index is 12.1. The van der Waals surface area contributed by atoms with Crippen molar-refractivity contribution in [1.82, 2.24) is 10.3 Å². The van der Waals surface area contributed by atoms with E-state index in [1.165, 1.54) is 24.9 Å². The first-order chi connectivity index (χ1) is 11.2. The molecule has 2 aromatic rings. The van der Waals surface area contributed by atoms with E-state index in [0.29, 0.717) is 6.54 Å². The lowest BCUT2D eigenvalue weighted by atomic mass is 10.0. The first kappa shape index (κ1) is 15.1. The van der Waals surface area contributed by atoms with Gasteiger partial charge in [0.05, 0.1) is 13.7 Å². The summed E-state index contributed by atoms with van der Waals surface area (Å²) in [4.78, 5) is 26.5. The Kier molecular flexibility index (Phi) is 4.32. The zero-order valence-electron chi connectivity index (χ0n) is 12.8. The molecule has 0 saturated heterocycles. The zero-order valence-corrected chi connectivity index (χ0v) is 12.8. The first-order valence-electron chi connectivity index (χ1n) is 7.47. The number of para-hydroxylation sites is 1. The minimum Gasteiger partial charge on any atom is -0.491 e. The predicted molar refractivity (Wildman–Crippen MR) is 85.1 cm³/mol. The zero-order chi connectivity index (χ0) is 16.2. The third-order valence-electron chi connectivity index (χ3n) is 3.83. The molecule has 23 heavy (non-hydrogen) atoms. The molecule has 0 saturated carbocycles. The summed E-state index contributed by atoms with van der Waals surface area (Å²) >= 11 is 0. The average Bonchev–Trinajstić information content (AvgIpc) is 2.59. The van der Waals surface area contributed by atoms with Crippen molar-refractivity contribution in [3.05, 3.63) is 58.0 Å². The van der Waals surface area contributed by atoms with Gasteiger partial charge in [-0.1, -0.05) is 18.2 Å². The van der Waals surface area contributed by atoms with E-state index >= 15 is 0 Å². The summed E-state index contributed by atoms with van der Waals surface area (Å²) in [5, 5.41) is 2.79. The molecule has 2 N–H and O–H groups in total. The molecule has 6 nitrogen and oxygen atoms in total. The number of nitrogens with one attached hydrogen (secondary N) is 2. The molecule has 1 aromatic heterocycles. The quantitative estimate of drug-likeness (QED) is 0.896. The Bertz CT molecular complexity index is 769. The molecular weight excluding hydrogens is 296 g/mol. The van der Waals surface area contributed by atoms with Gasteiger partial charge in [-0.15, -0.1) is 0 Å². The summed E-state index contributed by atoms with van der Waals surface area (Å²) in [5.41, 5.74) is 1.06. The summed E-state index contributed by atoms with van der Waals surface area (Å²) in [6.07, 6.45) is 3.08. The van der Waals surface area contributed by atoms with Crippen molar-refractivity contribution < 1.29 is 14.3 Å². The number of H-pyrrole nitrogens is 1. The number of carbonyl (C=O) groups is 1. The third kappa shape index (κ3) is 3.36. The predicted octanol–water partition coefficient (Wildman–Crippen LogP) is 1.51. The molecular formula is C17H18N2O4. The van der Waals surface area contributed by atoms with E-state index in [2.05, 4.69) is 10.3 Å². The number of aromatic nitrogens is 1. The lowest BCUT2D eigenvalue weighted by molar-refractivity contribution is 0.0913. The Balaban J connectivity index is 1.60. The van der Waals surface area contributed by atoms with E-state index in [0.717, 1.165) is 18.6 Å². The van der Waals surface area contributed by atoms with Crippen LogP contribution < -0.4 is 20.2 Å². The van der Waals surface area contributed by atoms with E-state index in [1.807, 2.05) is 24.3 Å². The molecule has 6 heteroatoms. The van der Waals surface area contributed by atoms with Gasteiger partial charge in [0.15, 0.2) is 5.75 Å². The highest BCUT2D eigenvalue weighted by Crippen LogP contribution is 2.26. The van der Waals surface area contributed by atoms with Crippen molar-refractivity contribution in [3.63, 3.8) is 0 Å². The van der Waals surface area contributed by atoms with Crippen LogP contribution in [0.1, 0.15) is 22.5 Å². The molecule has 1 aromatic carbocycles. The summed E-state index contributed by atoms with van der Waals surface area (Å²) < 4.78 is 10.7. The maximum atomic E-state index is 12.1. The van der Waals surface area contributed by atoms with Gasteiger partial charge in [-0.05, 0) is 24.5 Å². The van der Waals surface area contributed by atoms with Gasteiger partial charge in [0.25, 0.3) is 5.91 Å². The fourth-order valence-electron chi connectivity index (χ4n) is 2.57. The number of hydrogen-bond acceptors (Lipinski definition) is 4. The number of fused-ring (bicyclic) bond motifs is 1. The van der Waals surface area contributed by atoms with Crippen molar-refractivity contribution in [2.45, 2.75) is 18.9 Å². The maximum Gasteiger partial charge on any atom is 0.267 e. The van der Waals surface area contributed by atoms with E-state index in [9.17, 15) is 9.59 Å². The fraction of sp³-hybridized carbons (Fsp3) is 0.294. The normalized spacial score (nSPS) is 16.1. The summed E-state index contributed by atoms with van der Waals surface area (Å²) in [5.74, 6) is 0.705. The molecule has 3 rings (SSSR count). The Morgan fingerprint density at radius 2 is 2.26 bits per heavy atom. The number of pyridine rings is 1. The fourth-order valence-corrected chi connectivity index (χ4v) is 2.57. The van der Waals surface area contributed by atoms with Crippen LogP contribution in [-0.2, 0) is 6.42 Å². The number of amides is 1. The lowest BCUT2D eigenvalue weighted by Gasteiger charge is -2.26. The molecule has 1 aliphatic rings. The molecule has 0 bridgehead atoms. The molecule has 0 spiro atoms. The van der Waals surface area contributed by atoms with Gasteiger partial charge in [0.2, 0.25) is 5.43 Å². The van der Waals surface area contributed by atoms with Crippen LogP contribution in [0.2, 0.25) is 0 Å². The highest BCUT2D eigenvalue weighted by molar-refractivity contribution is 5.92. The van der Waals surface area contributed by atoms with Crippen molar-refractivity contribution in [2.24, 2.45) is 0 Å². The number of methoxy groups -OCH3 is 1. The molecule has 1 amide bonds. The number of carbonyl (C=O) groups excluding carboxylic acids is 1. The second-order valence-corrected chi connectivity index (χ2v) is 5.38. The van der Waals surface area contributed by atoms with Crippen molar-refractivity contribution in [2.75, 3.05) is 13.7 Å². The summed E-state index contributed by atoms with van der Waals surface area (Å²) in [7, 11) is 1.41. The molecule has 1 atom stereocenters. The largest absolute Gasteiger partial charge is 0.491 e. The molecule has 0 aliphatic carbocycles. The highest BCUT2D eigenvalue weighted by Gasteiger charge is 2.20. The van der Waals surface area contributed by atoms with Crippen LogP contribution in [0.3, 0.4) is 0 Å². The molecule has 0 fully saturated rings. The van der Waals surface area contributed by atoms with Crippen LogP contribution in [0.15, 0.2) is 41.3 Å². The van der Waals surface area contributed by atoms with Crippen molar-refractivity contribution >= 4 is 5.91 Å². The van der Waals surface area contributed by atoms with E-state index in [1.54, 1.807) is 0 Å². The highest BCUT2D eigenvalue weighted by atomic mass is 16.5. The van der Waals surface area contributed by atoms with Crippen LogP contribution in [0, 0.1) is 0 Å². The topological polar surface area (TPSA) is 80.4 Å². The standard InChI is InChI=1S/C17H18N2O4/c1-22-16-10-18-13(8-14(16)20)17(21)19-9-12-7-6-11-4-2-3-5-15(11)23-12/h2-5,8,10,12H,6-7,9H2,1H3,(H,18,20)(H,19,21)/t12-/m1/s1. The van der Waals surface area contributed by atoms with Gasteiger partial charge < -0.3 is 19.8 Å². The number of benzene rings is 1. The van der Waals surface area contributed by atoms with Gasteiger partial charge in [-0.3, -0.25) is 9.59 Å². The van der Waals surface area contributed by atoms with Crippen LogP contribution in [0.4, 0.5) is 0 Å². The summed E-state index contributed by atoms with van der Waals surface area (Å²) in [6.45, 7) is 0.390. The smallest absolute Gasteiger partial charge is 0.267 e. The SMILES string of the molecule is COc1c[nH]c(C(=O)NC[C@H]2CCc3ccccc3O2)cc1=O. The second kappa shape index (κ2) is 6.56. The Labute approximate surface area is 133 Å². The van der Waals surface area contributed by atoms with Crippen LogP contribution in [0.25, 0.3) is 0 Å². The average molecular weight is 314 g/mol. The van der Waals surface area contributed by atoms with Gasteiger partial charge >= 0.3 is 0 Å². The van der Waals surface area contributed by atoms with E-state index in [-0.39, 0.29) is 28.9 Å². The molecule has 0 radical (unpaired) electrons. The van der Waals surface area contributed by atoms with Crippen molar-refractivity contribution in [3.8, 4) is 11.5 Å². The third-order valence-corrected chi connectivity index (χ3v) is 3.83. The Morgan fingerprint density at radius 3 is 3.04 bits per heavy atom. The number of hydrogen-bond donors (Lipinski definition) is 2. The van der Waals surface area contributed by atoms with Gasteiger partial charge in [0, 0.05) is 12.3 Å². The van der Waals surface area contributed by atoms with Crippen LogP contribution in [-0.4, -0.2) is 30.6 Å². The van der Waals surface area contributed by atoms with E-state index in [4.69, 9.17) is 9.47 Å². The number of ether oxygens (including phenoxy) is 2. The minimum absolute atomic E-state index is 0.0705. The molecule has 1 aliphatic heterocycles. The van der Waals surface area contributed by atoms with Gasteiger partial charge in [-0.25, -0.2) is 0 Å².